The summed E-state index contributed by atoms with van der Waals surface area (Å²) in [7, 11) is 0. The van der Waals surface area contributed by atoms with Crippen LogP contribution in [0.3, 0.4) is 0 Å². The number of aliphatic hydroxyl groups is 1. The molecule has 2 bridgehead atoms. The largest absolute Gasteiger partial charge is 0.475 e. The van der Waals surface area contributed by atoms with Crippen molar-refractivity contribution in [1.82, 2.24) is 35.6 Å². The van der Waals surface area contributed by atoms with Crippen LogP contribution in [0.1, 0.15) is 88.6 Å². The molecule has 22 heteroatoms. The van der Waals surface area contributed by atoms with E-state index in [9.17, 15) is 28.7 Å². The van der Waals surface area contributed by atoms with Gasteiger partial charge in [-0.2, -0.15) is 15.2 Å². The highest BCUT2D eigenvalue weighted by Gasteiger charge is 2.44. The number of carbonyl (C=O) groups excluding carboxylic acids is 2. The Balaban J connectivity index is 0.715. The Morgan fingerprint density at radius 2 is 1.69 bits per heavy atom. The SMILES string of the molecule is CC(C)[C@@H](C(=O)N1C[C@H](O)C[C@H]1C(=O)N[C@@H](C)c1ccc(-c2c(F)cccc2F)cc1)c1cc(OCC2(C)CCN(CCOc3nc(N4CC5CCC(C4)N5)c4cc(Cl)c(-c5ccc(F)c6sc(N)c(C#N)c56)c(F)c4n3)CC2)no1. The Labute approximate surface area is 474 Å². The van der Waals surface area contributed by atoms with Gasteiger partial charge >= 0.3 is 6.01 Å². The van der Waals surface area contributed by atoms with Gasteiger partial charge < -0.3 is 45.3 Å². The molecular weight excluding hydrogens is 1090 g/mol. The lowest BCUT2D eigenvalue weighted by Gasteiger charge is -2.38. The number of nitriles is 1. The number of aliphatic hydroxyl groups excluding tert-OH is 1. The number of hydrogen-bond acceptors (Lipinski definition) is 15. The van der Waals surface area contributed by atoms with Crippen molar-refractivity contribution in [3.63, 3.8) is 0 Å². The summed E-state index contributed by atoms with van der Waals surface area (Å²) in [6.45, 7) is 11.4. The molecule has 0 saturated carbocycles. The van der Waals surface area contributed by atoms with Crippen molar-refractivity contribution in [3.05, 3.63) is 112 Å². The number of piperidine rings is 1. The van der Waals surface area contributed by atoms with Crippen molar-refractivity contribution in [1.29, 1.82) is 5.26 Å². The molecule has 81 heavy (non-hydrogen) atoms. The van der Waals surface area contributed by atoms with Crippen LogP contribution in [0.5, 0.6) is 11.9 Å². The molecule has 2 unspecified atom stereocenters. The number of amides is 2. The van der Waals surface area contributed by atoms with Gasteiger partial charge in [-0.25, -0.2) is 17.6 Å². The Morgan fingerprint density at radius 1 is 0.975 bits per heavy atom. The van der Waals surface area contributed by atoms with Crippen LogP contribution in [-0.4, -0.2) is 119 Å². The summed E-state index contributed by atoms with van der Waals surface area (Å²) < 4.78 is 79.6. The number of anilines is 2. The summed E-state index contributed by atoms with van der Waals surface area (Å²) >= 11 is 7.85. The Bertz CT molecular complexity index is 3560. The Kier molecular flexibility index (Phi) is 15.6. The summed E-state index contributed by atoms with van der Waals surface area (Å²) in [4.78, 5) is 43.5. The van der Waals surface area contributed by atoms with Crippen LogP contribution < -0.4 is 30.7 Å². The molecule has 6 atom stereocenters. The first-order chi connectivity index (χ1) is 38.9. The highest BCUT2D eigenvalue weighted by molar-refractivity contribution is 7.23. The van der Waals surface area contributed by atoms with E-state index in [-0.39, 0.29) is 109 Å². The van der Waals surface area contributed by atoms with Crippen LogP contribution in [0.25, 0.3) is 43.2 Å². The number of hydrogen-bond donors (Lipinski definition) is 4. The average Bonchev–Trinajstić information content (AvgIpc) is 4.44. The summed E-state index contributed by atoms with van der Waals surface area (Å²) in [5, 5.41) is 32.3. The van der Waals surface area contributed by atoms with Gasteiger partial charge in [0.25, 0.3) is 5.88 Å². The molecule has 16 nitrogen and oxygen atoms in total. The Hall–Kier alpha value is -7.09. The fourth-order valence-corrected chi connectivity index (χ4v) is 13.2. The molecule has 7 heterocycles. The second-order valence-electron chi connectivity index (χ2n) is 22.5. The molecule has 5 N–H and O–H groups in total. The minimum absolute atomic E-state index is 0.00171. The summed E-state index contributed by atoms with van der Waals surface area (Å²) in [5.41, 5.74) is 7.00. The van der Waals surface area contributed by atoms with E-state index in [1.807, 2.05) is 13.8 Å². The zero-order chi connectivity index (χ0) is 57.0. The number of thiophene rings is 1. The number of β-amino-alcohol motifs (C(OH)–C–C–N with tert-alkyl or cyclic N) is 1. The number of piperazine rings is 1. The number of nitrogens with two attached hydrogens (primary N) is 1. The van der Waals surface area contributed by atoms with Crippen molar-refractivity contribution >= 4 is 66.6 Å². The second-order valence-corrected chi connectivity index (χ2v) is 24.0. The number of halogens is 5. The predicted molar refractivity (Wildman–Crippen MR) is 300 cm³/mol. The quantitative estimate of drug-likeness (QED) is 0.0665. The van der Waals surface area contributed by atoms with Crippen LogP contribution in [0.15, 0.2) is 71.3 Å². The number of likely N-dealkylation sites (tertiary alicyclic amines) is 2. The van der Waals surface area contributed by atoms with Gasteiger partial charge in [0.1, 0.15) is 58.4 Å². The molecule has 11 rings (SSSR count). The lowest BCUT2D eigenvalue weighted by Crippen LogP contribution is -2.51. The third-order valence-corrected chi connectivity index (χ3v) is 17.8. The fourth-order valence-electron chi connectivity index (χ4n) is 12.0. The molecule has 4 saturated heterocycles. The lowest BCUT2D eigenvalue weighted by molar-refractivity contribution is -0.141. The standard InChI is InChI=1S/C59H61ClF4N10O6S/c1-30(2)47(57(77)74-28-36(75)22-44(74)56(76)67-31(3)32-8-10-33(11-9-32)48-41(61)6-5-7-42(48)62)45-24-46(71-80-45)79-29-59(4)16-18-72(19-17-59)20-21-78-58-69-52-38(55(70-58)73-26-34-12-13-35(27-73)68-34)23-40(60)50(51(52)64)37-14-15-43(63)53-49(37)39(25-65)54(66)81-53/h5-11,14-15,23-24,30-31,34-36,44,47,68,75H,12-13,16-22,26-29,66H2,1-4H3,(H,67,76)/t31-,34?,35?,36+,44-,47+/m0/s1. The maximum atomic E-state index is 17.2. The summed E-state index contributed by atoms with van der Waals surface area (Å²) in [6.07, 6.45) is 2.67. The third kappa shape index (κ3) is 11.1. The van der Waals surface area contributed by atoms with Crippen LogP contribution in [0.4, 0.5) is 28.4 Å². The molecule has 0 aliphatic carbocycles. The molecule has 4 aliphatic rings. The highest BCUT2D eigenvalue weighted by Crippen LogP contribution is 2.46. The molecule has 2 amide bonds. The smallest absolute Gasteiger partial charge is 0.319 e. The minimum atomic E-state index is -0.967. The van der Waals surface area contributed by atoms with Crippen molar-refractivity contribution in [2.75, 3.05) is 63.1 Å². The number of fused-ring (bicyclic) bond motifs is 4. The molecule has 3 aromatic heterocycles. The van der Waals surface area contributed by atoms with Crippen molar-refractivity contribution in [3.8, 4) is 40.2 Å². The first kappa shape index (κ1) is 55.8. The normalized spacial score (nSPS) is 20.7. The van der Waals surface area contributed by atoms with Gasteiger partial charge in [-0.15, -0.1) is 11.3 Å². The van der Waals surface area contributed by atoms with E-state index in [1.54, 1.807) is 43.3 Å². The predicted octanol–water partition coefficient (Wildman–Crippen LogP) is 9.91. The van der Waals surface area contributed by atoms with Gasteiger partial charge in [0.15, 0.2) is 11.6 Å². The number of rotatable bonds is 16. The van der Waals surface area contributed by atoms with E-state index in [2.05, 4.69) is 43.6 Å². The van der Waals surface area contributed by atoms with Gasteiger partial charge in [0.05, 0.1) is 39.6 Å². The van der Waals surface area contributed by atoms with E-state index in [0.29, 0.717) is 48.6 Å². The van der Waals surface area contributed by atoms with E-state index < -0.39 is 59.2 Å². The molecule has 7 aromatic rings. The first-order valence-corrected chi connectivity index (χ1v) is 28.5. The number of benzene rings is 4. The van der Waals surface area contributed by atoms with Crippen molar-refractivity contribution < 1.29 is 46.3 Å². The zero-order valence-corrected chi connectivity index (χ0v) is 46.7. The molecule has 424 valence electrons. The molecule has 4 fully saturated rings. The van der Waals surface area contributed by atoms with Gasteiger partial charge in [-0.1, -0.05) is 68.8 Å². The van der Waals surface area contributed by atoms with Crippen LogP contribution in [0, 0.1) is 45.9 Å². The number of carbonyl (C=O) groups is 2. The minimum Gasteiger partial charge on any atom is -0.475 e. The summed E-state index contributed by atoms with van der Waals surface area (Å²) in [6, 6.07) is 17.1. The molecule has 0 radical (unpaired) electrons. The monoisotopic (exact) mass is 1150 g/mol. The third-order valence-electron chi connectivity index (χ3n) is 16.5. The van der Waals surface area contributed by atoms with Crippen molar-refractivity contribution in [2.45, 2.75) is 96.0 Å². The maximum absolute atomic E-state index is 17.2. The first-order valence-electron chi connectivity index (χ1n) is 27.3. The lowest BCUT2D eigenvalue weighted by atomic mass is 9.81. The van der Waals surface area contributed by atoms with Gasteiger partial charge in [-0.3, -0.25) is 14.5 Å². The van der Waals surface area contributed by atoms with Gasteiger partial charge in [-0.05, 0) is 97.7 Å². The number of ether oxygens (including phenoxy) is 2. The summed E-state index contributed by atoms with van der Waals surface area (Å²) in [5.74, 6) is -3.69. The van der Waals surface area contributed by atoms with Gasteiger partial charge in [0.2, 0.25) is 11.8 Å². The number of nitrogen functional groups attached to an aromatic ring is 1. The van der Waals surface area contributed by atoms with E-state index >= 15 is 8.78 Å². The van der Waals surface area contributed by atoms with Crippen molar-refractivity contribution in [2.24, 2.45) is 11.3 Å². The molecule has 4 aromatic carbocycles. The van der Waals surface area contributed by atoms with E-state index in [0.717, 1.165) is 50.1 Å². The molecular formula is C59H61ClF4N10O6S. The topological polar surface area (TPSA) is 208 Å². The Morgan fingerprint density at radius 3 is 2.38 bits per heavy atom. The fraction of sp³-hybridized carbons (Fsp3) is 0.424. The zero-order valence-electron chi connectivity index (χ0n) is 45.1. The van der Waals surface area contributed by atoms with E-state index in [4.69, 9.17) is 36.3 Å². The van der Waals surface area contributed by atoms with E-state index in [1.165, 1.54) is 35.2 Å². The van der Waals surface area contributed by atoms with Crippen LogP contribution >= 0.6 is 22.9 Å². The van der Waals surface area contributed by atoms with Crippen LogP contribution in [-0.2, 0) is 9.59 Å². The van der Waals surface area contributed by atoms with Crippen LogP contribution in [0.2, 0.25) is 5.02 Å². The number of aromatic nitrogens is 3. The number of nitrogens with zero attached hydrogens (tertiary/aromatic N) is 7. The van der Waals surface area contributed by atoms with Gasteiger partial charge in [0, 0.05) is 72.5 Å². The average molecular weight is 1150 g/mol. The number of nitrogens with one attached hydrogen (secondary N) is 2. The highest BCUT2D eigenvalue weighted by atomic mass is 35.5. The molecule has 4 aliphatic heterocycles. The second kappa shape index (κ2) is 22.7. The maximum Gasteiger partial charge on any atom is 0.319 e. The molecule has 0 spiro atoms.